The van der Waals surface area contributed by atoms with Crippen molar-refractivity contribution in [1.29, 1.82) is 0 Å². The highest BCUT2D eigenvalue weighted by atomic mass is 79.9. The van der Waals surface area contributed by atoms with Gasteiger partial charge in [-0.05, 0) is 53.3 Å². The number of rotatable bonds is 5. The molecule has 0 spiro atoms. The molecule has 2 N–H and O–H groups in total. The average molecular weight is 406 g/mol. The van der Waals surface area contributed by atoms with Crippen molar-refractivity contribution < 1.29 is 9.53 Å². The first-order valence-electron chi connectivity index (χ1n) is 6.38. The number of hydrogen-bond donors (Lipinski definition) is 2. The van der Waals surface area contributed by atoms with Crippen LogP contribution in [0.15, 0.2) is 22.7 Å². The Bertz CT molecular complexity index is 746. The van der Waals surface area contributed by atoms with Gasteiger partial charge in [-0.1, -0.05) is 11.6 Å². The predicted molar refractivity (Wildman–Crippen MR) is 89.5 cm³/mol. The van der Waals surface area contributed by atoms with E-state index in [2.05, 4.69) is 31.4 Å². The lowest BCUT2D eigenvalue weighted by Gasteiger charge is -2.15. The van der Waals surface area contributed by atoms with E-state index in [1.807, 2.05) is 0 Å². The molecule has 22 heavy (non-hydrogen) atoms. The molecule has 1 atom stereocenters. The lowest BCUT2D eigenvalue weighted by atomic mass is 10.3. The second-order valence-corrected chi connectivity index (χ2v) is 6.23. The summed E-state index contributed by atoms with van der Waals surface area (Å²) in [7, 11) is 1.78. The van der Waals surface area contributed by atoms with Crippen molar-refractivity contribution in [2.75, 3.05) is 0 Å². The van der Waals surface area contributed by atoms with Crippen molar-refractivity contribution in [3.8, 4) is 5.75 Å². The smallest absolute Gasteiger partial charge is 0.261 e. The molecule has 0 radical (unpaired) electrons. The van der Waals surface area contributed by atoms with Crippen LogP contribution in [0.25, 0.3) is 0 Å². The van der Waals surface area contributed by atoms with Crippen LogP contribution in [0.1, 0.15) is 12.7 Å². The Morgan fingerprint density at radius 2 is 2.36 bits per heavy atom. The van der Waals surface area contributed by atoms with Crippen LogP contribution in [0.2, 0.25) is 5.02 Å². The van der Waals surface area contributed by atoms with Crippen LogP contribution in [-0.4, -0.2) is 26.8 Å². The molecule has 0 saturated heterocycles. The molecule has 2 rings (SSSR count). The second kappa shape index (κ2) is 7.26. The number of halogens is 2. The lowest BCUT2D eigenvalue weighted by Crippen LogP contribution is -2.36. The number of hydrogen-bond acceptors (Lipinski definition) is 4. The van der Waals surface area contributed by atoms with Gasteiger partial charge in [0, 0.05) is 12.1 Å². The number of nitrogens with one attached hydrogen (secondary N) is 2. The van der Waals surface area contributed by atoms with Gasteiger partial charge in [0.1, 0.15) is 5.75 Å². The third kappa shape index (κ3) is 4.08. The van der Waals surface area contributed by atoms with Crippen LogP contribution < -0.4 is 10.1 Å². The van der Waals surface area contributed by atoms with E-state index in [1.165, 1.54) is 0 Å². The molecule has 1 heterocycles. The molecule has 0 aliphatic carbocycles. The Kier molecular flexibility index (Phi) is 5.60. The largest absolute Gasteiger partial charge is 0.480 e. The quantitative estimate of drug-likeness (QED) is 0.750. The molecule has 0 aliphatic rings. The van der Waals surface area contributed by atoms with Gasteiger partial charge in [0.2, 0.25) is 0 Å². The van der Waals surface area contributed by atoms with Crippen molar-refractivity contribution in [3.63, 3.8) is 0 Å². The number of H-pyrrole nitrogens is 1. The van der Waals surface area contributed by atoms with Crippen molar-refractivity contribution in [2.45, 2.75) is 19.6 Å². The number of benzene rings is 1. The summed E-state index contributed by atoms with van der Waals surface area (Å²) in [6, 6.07) is 5.10. The maximum absolute atomic E-state index is 12.1. The summed E-state index contributed by atoms with van der Waals surface area (Å²) in [4.78, 5) is 12.1. The second-order valence-electron chi connectivity index (χ2n) is 4.56. The molecule has 0 fully saturated rings. The minimum atomic E-state index is -0.662. The number of aromatic nitrogens is 3. The standard InChI is InChI=1S/C13H14BrClN4O2S/c1-7(21-10-4-3-8(15)5-9(10)14)12(20)16-6-11-17-18-13(22)19(11)2/h3-5,7H,6H2,1-2H3,(H,16,20)(H,18,22). The van der Waals surface area contributed by atoms with Gasteiger partial charge in [-0.15, -0.1) is 0 Å². The average Bonchev–Trinajstić information content (AvgIpc) is 2.79. The highest BCUT2D eigenvalue weighted by Gasteiger charge is 2.16. The Balaban J connectivity index is 1.94. The van der Waals surface area contributed by atoms with Crippen LogP contribution in [-0.2, 0) is 18.4 Å². The minimum absolute atomic E-state index is 0.254. The van der Waals surface area contributed by atoms with Gasteiger partial charge in [0.05, 0.1) is 11.0 Å². The normalized spacial score (nSPS) is 12.0. The van der Waals surface area contributed by atoms with Crippen LogP contribution >= 0.6 is 39.7 Å². The fourth-order valence-corrected chi connectivity index (χ4v) is 2.59. The molecule has 0 saturated carbocycles. The maximum Gasteiger partial charge on any atom is 0.261 e. The number of nitrogens with zero attached hydrogens (tertiary/aromatic N) is 2. The Labute approximate surface area is 145 Å². The van der Waals surface area contributed by atoms with Gasteiger partial charge in [0.25, 0.3) is 5.91 Å². The number of carbonyl (C=O) groups is 1. The van der Waals surface area contributed by atoms with Crippen molar-refractivity contribution in [2.24, 2.45) is 7.05 Å². The van der Waals surface area contributed by atoms with Gasteiger partial charge in [-0.2, -0.15) is 5.10 Å². The zero-order chi connectivity index (χ0) is 16.3. The molecule has 0 bridgehead atoms. The molecule has 1 unspecified atom stereocenters. The highest BCUT2D eigenvalue weighted by Crippen LogP contribution is 2.28. The van der Waals surface area contributed by atoms with Crippen molar-refractivity contribution >= 4 is 45.7 Å². The monoisotopic (exact) mass is 404 g/mol. The Morgan fingerprint density at radius 3 is 2.95 bits per heavy atom. The first-order chi connectivity index (χ1) is 10.4. The van der Waals surface area contributed by atoms with Crippen molar-refractivity contribution in [1.82, 2.24) is 20.1 Å². The molecule has 1 aromatic heterocycles. The van der Waals surface area contributed by atoms with E-state index in [-0.39, 0.29) is 12.5 Å². The summed E-state index contributed by atoms with van der Waals surface area (Å²) < 4.78 is 8.49. The van der Waals surface area contributed by atoms with E-state index in [0.717, 1.165) is 0 Å². The number of ether oxygens (including phenoxy) is 1. The summed E-state index contributed by atoms with van der Waals surface area (Å²) in [5, 5.41) is 10.0. The van der Waals surface area contributed by atoms with Gasteiger partial charge in [-0.3, -0.25) is 9.89 Å². The van der Waals surface area contributed by atoms with Gasteiger partial charge >= 0.3 is 0 Å². The number of amides is 1. The molecular formula is C13H14BrClN4O2S. The van der Waals surface area contributed by atoms with Gasteiger partial charge in [-0.25, -0.2) is 0 Å². The molecule has 1 amide bonds. The van der Waals surface area contributed by atoms with E-state index in [1.54, 1.807) is 36.7 Å². The Morgan fingerprint density at radius 1 is 1.64 bits per heavy atom. The number of aromatic amines is 1. The molecule has 1 aromatic carbocycles. The van der Waals surface area contributed by atoms with E-state index in [4.69, 9.17) is 28.6 Å². The topological polar surface area (TPSA) is 71.9 Å². The van der Waals surface area contributed by atoms with E-state index >= 15 is 0 Å². The van der Waals surface area contributed by atoms with E-state index < -0.39 is 6.10 Å². The summed E-state index contributed by atoms with van der Waals surface area (Å²) in [5.74, 6) is 0.930. The fraction of sp³-hybridized carbons (Fsp3) is 0.308. The molecule has 118 valence electrons. The summed E-state index contributed by atoms with van der Waals surface area (Å²) >= 11 is 14.2. The summed E-state index contributed by atoms with van der Waals surface area (Å²) in [6.07, 6.45) is -0.662. The summed E-state index contributed by atoms with van der Waals surface area (Å²) in [6.45, 7) is 1.93. The van der Waals surface area contributed by atoms with Crippen LogP contribution in [0.3, 0.4) is 0 Å². The summed E-state index contributed by atoms with van der Waals surface area (Å²) in [5.41, 5.74) is 0. The number of carbonyl (C=O) groups excluding carboxylic acids is 1. The molecular weight excluding hydrogens is 392 g/mol. The minimum Gasteiger partial charge on any atom is -0.480 e. The molecule has 2 aromatic rings. The Hall–Kier alpha value is -1.38. The molecule has 6 nitrogen and oxygen atoms in total. The zero-order valence-electron chi connectivity index (χ0n) is 11.9. The van der Waals surface area contributed by atoms with E-state index in [9.17, 15) is 4.79 Å². The van der Waals surface area contributed by atoms with Gasteiger partial charge < -0.3 is 14.6 Å². The highest BCUT2D eigenvalue weighted by molar-refractivity contribution is 9.10. The van der Waals surface area contributed by atoms with Crippen molar-refractivity contribution in [3.05, 3.63) is 38.3 Å². The van der Waals surface area contributed by atoms with E-state index in [0.29, 0.717) is 25.8 Å². The molecule has 9 heteroatoms. The maximum atomic E-state index is 12.1. The molecule has 0 aliphatic heterocycles. The zero-order valence-corrected chi connectivity index (χ0v) is 15.1. The van der Waals surface area contributed by atoms with Gasteiger partial charge in [0.15, 0.2) is 16.7 Å². The SMILES string of the molecule is CC(Oc1ccc(Cl)cc1Br)C(=O)NCc1n[nH]c(=S)n1C. The third-order valence-electron chi connectivity index (χ3n) is 2.96. The van der Waals surface area contributed by atoms with Crippen LogP contribution in [0.4, 0.5) is 0 Å². The third-order valence-corrected chi connectivity index (χ3v) is 4.18. The van der Waals surface area contributed by atoms with Crippen LogP contribution in [0, 0.1) is 4.77 Å². The van der Waals surface area contributed by atoms with Crippen LogP contribution in [0.5, 0.6) is 5.75 Å². The lowest BCUT2D eigenvalue weighted by molar-refractivity contribution is -0.127. The first kappa shape index (κ1) is 17.0. The first-order valence-corrected chi connectivity index (χ1v) is 7.96. The predicted octanol–water partition coefficient (Wildman–Crippen LogP) is 2.98. The fourth-order valence-electron chi connectivity index (χ4n) is 1.66.